The first-order valence-corrected chi connectivity index (χ1v) is 6.90. The van der Waals surface area contributed by atoms with Crippen LogP contribution < -0.4 is 5.32 Å². The van der Waals surface area contributed by atoms with Crippen LogP contribution in [-0.2, 0) is 4.79 Å². The first-order valence-electron chi connectivity index (χ1n) is 6.90. The van der Waals surface area contributed by atoms with E-state index in [0.717, 1.165) is 18.4 Å². The summed E-state index contributed by atoms with van der Waals surface area (Å²) in [5.74, 6) is -0.0712. The second-order valence-corrected chi connectivity index (χ2v) is 5.84. The Hall–Kier alpha value is -1.35. The van der Waals surface area contributed by atoms with Gasteiger partial charge in [-0.1, -0.05) is 44.2 Å². The number of aliphatic hydroxyl groups excluding tert-OH is 1. The summed E-state index contributed by atoms with van der Waals surface area (Å²) in [4.78, 5) is 12.1. The minimum absolute atomic E-state index is 0.0226. The highest BCUT2D eigenvalue weighted by Gasteiger charge is 2.21. The zero-order valence-electron chi connectivity index (χ0n) is 12.1. The lowest BCUT2D eigenvalue weighted by molar-refractivity contribution is -0.122. The van der Waals surface area contributed by atoms with Crippen LogP contribution in [0.5, 0.6) is 0 Å². The molecule has 2 N–H and O–H groups in total. The Morgan fingerprint density at radius 1 is 1.32 bits per heavy atom. The number of carbonyl (C=O) groups excluding carboxylic acids is 1. The Balaban J connectivity index is 2.47. The molecular weight excluding hydrogens is 238 g/mol. The van der Waals surface area contributed by atoms with Gasteiger partial charge in [-0.25, -0.2) is 0 Å². The highest BCUT2D eigenvalue weighted by Crippen LogP contribution is 2.21. The van der Waals surface area contributed by atoms with Crippen LogP contribution in [0.4, 0.5) is 0 Å². The van der Waals surface area contributed by atoms with Crippen molar-refractivity contribution in [1.82, 2.24) is 5.32 Å². The van der Waals surface area contributed by atoms with Gasteiger partial charge in [-0.05, 0) is 30.7 Å². The van der Waals surface area contributed by atoms with Crippen LogP contribution in [0.15, 0.2) is 30.3 Å². The van der Waals surface area contributed by atoms with Gasteiger partial charge in [0.25, 0.3) is 0 Å². The largest absolute Gasteiger partial charge is 0.396 e. The Morgan fingerprint density at radius 3 is 2.53 bits per heavy atom. The van der Waals surface area contributed by atoms with Crippen molar-refractivity contribution in [2.24, 2.45) is 5.41 Å². The molecule has 0 aromatic heterocycles. The summed E-state index contributed by atoms with van der Waals surface area (Å²) in [6.07, 6.45) is 1.68. The van der Waals surface area contributed by atoms with Crippen LogP contribution >= 0.6 is 0 Å². The van der Waals surface area contributed by atoms with Gasteiger partial charge < -0.3 is 10.4 Å². The average Bonchev–Trinajstić information content (AvgIpc) is 2.43. The third-order valence-electron chi connectivity index (χ3n) is 3.45. The maximum absolute atomic E-state index is 12.1. The van der Waals surface area contributed by atoms with E-state index in [-0.39, 0.29) is 23.8 Å². The number of aliphatic hydroxyl groups is 1. The van der Waals surface area contributed by atoms with Crippen molar-refractivity contribution in [1.29, 1.82) is 0 Å². The molecule has 106 valence electrons. The number of benzene rings is 1. The normalized spacial score (nSPS) is 13.1. The molecule has 1 atom stereocenters. The number of carbonyl (C=O) groups is 1. The smallest absolute Gasteiger partial charge is 0.227 e. The number of hydrogen-bond donors (Lipinski definition) is 2. The second kappa shape index (κ2) is 7.29. The Kier molecular flexibility index (Phi) is 6.03. The molecule has 0 saturated carbocycles. The van der Waals surface area contributed by atoms with E-state index in [4.69, 9.17) is 5.11 Å². The summed E-state index contributed by atoms with van der Waals surface area (Å²) in [7, 11) is 0. The minimum atomic E-state index is -0.130. The van der Waals surface area contributed by atoms with E-state index >= 15 is 0 Å². The SMILES string of the molecule is CC(C(=O)NCC(C)(C)CCCO)c1ccccc1. The molecule has 0 spiro atoms. The molecule has 0 fully saturated rings. The topological polar surface area (TPSA) is 49.3 Å². The van der Waals surface area contributed by atoms with Gasteiger partial charge in [-0.3, -0.25) is 4.79 Å². The zero-order valence-corrected chi connectivity index (χ0v) is 12.1. The molecule has 1 aromatic carbocycles. The molecular formula is C16H25NO2. The molecule has 0 saturated heterocycles. The lowest BCUT2D eigenvalue weighted by Gasteiger charge is -2.25. The van der Waals surface area contributed by atoms with E-state index in [1.54, 1.807) is 0 Å². The van der Waals surface area contributed by atoms with Crippen LogP contribution in [0.1, 0.15) is 45.1 Å². The Morgan fingerprint density at radius 2 is 1.95 bits per heavy atom. The van der Waals surface area contributed by atoms with Crippen LogP contribution in [0, 0.1) is 5.41 Å². The van der Waals surface area contributed by atoms with E-state index in [9.17, 15) is 4.79 Å². The molecule has 1 rings (SSSR count). The highest BCUT2D eigenvalue weighted by atomic mass is 16.2. The fourth-order valence-corrected chi connectivity index (χ4v) is 2.02. The molecule has 0 aliphatic heterocycles. The van der Waals surface area contributed by atoms with Crippen LogP contribution in [0.2, 0.25) is 0 Å². The predicted octanol–water partition coefficient (Wildman–Crippen LogP) is 2.71. The maximum Gasteiger partial charge on any atom is 0.227 e. The van der Waals surface area contributed by atoms with Gasteiger partial charge in [0, 0.05) is 13.2 Å². The lowest BCUT2D eigenvalue weighted by atomic mass is 9.87. The molecule has 0 heterocycles. The summed E-state index contributed by atoms with van der Waals surface area (Å²) in [5.41, 5.74) is 1.06. The average molecular weight is 263 g/mol. The Bertz CT molecular complexity index is 387. The van der Waals surface area contributed by atoms with E-state index in [1.165, 1.54) is 0 Å². The van der Waals surface area contributed by atoms with Crippen LogP contribution in [0.25, 0.3) is 0 Å². The predicted molar refractivity (Wildman–Crippen MR) is 78.0 cm³/mol. The number of amides is 1. The molecule has 1 aromatic rings. The Labute approximate surface area is 116 Å². The first-order chi connectivity index (χ1) is 8.96. The maximum atomic E-state index is 12.1. The molecule has 3 nitrogen and oxygen atoms in total. The third kappa shape index (κ3) is 5.43. The van der Waals surface area contributed by atoms with Crippen molar-refractivity contribution in [3.05, 3.63) is 35.9 Å². The monoisotopic (exact) mass is 263 g/mol. The molecule has 0 aliphatic carbocycles. The summed E-state index contributed by atoms with van der Waals surface area (Å²) in [5, 5.41) is 11.9. The van der Waals surface area contributed by atoms with E-state index in [0.29, 0.717) is 6.54 Å². The van der Waals surface area contributed by atoms with Gasteiger partial charge in [-0.15, -0.1) is 0 Å². The third-order valence-corrected chi connectivity index (χ3v) is 3.45. The van der Waals surface area contributed by atoms with Crippen molar-refractivity contribution in [2.75, 3.05) is 13.2 Å². The van der Waals surface area contributed by atoms with E-state index in [2.05, 4.69) is 19.2 Å². The zero-order chi connectivity index (χ0) is 14.3. The summed E-state index contributed by atoms with van der Waals surface area (Å²) in [6, 6.07) is 9.79. The molecule has 1 amide bonds. The van der Waals surface area contributed by atoms with Gasteiger partial charge in [0.2, 0.25) is 5.91 Å². The van der Waals surface area contributed by atoms with Crippen molar-refractivity contribution < 1.29 is 9.90 Å². The lowest BCUT2D eigenvalue weighted by Crippen LogP contribution is -2.36. The number of rotatable bonds is 7. The van der Waals surface area contributed by atoms with Gasteiger partial charge >= 0.3 is 0 Å². The van der Waals surface area contributed by atoms with E-state index < -0.39 is 0 Å². The fraction of sp³-hybridized carbons (Fsp3) is 0.562. The summed E-state index contributed by atoms with van der Waals surface area (Å²) in [6.45, 7) is 6.98. The summed E-state index contributed by atoms with van der Waals surface area (Å²) >= 11 is 0. The fourth-order valence-electron chi connectivity index (χ4n) is 2.02. The van der Waals surface area contributed by atoms with Gasteiger partial charge in [0.1, 0.15) is 0 Å². The van der Waals surface area contributed by atoms with Crippen LogP contribution in [0.3, 0.4) is 0 Å². The number of hydrogen-bond acceptors (Lipinski definition) is 2. The minimum Gasteiger partial charge on any atom is -0.396 e. The van der Waals surface area contributed by atoms with Gasteiger partial charge in [0.05, 0.1) is 5.92 Å². The molecule has 19 heavy (non-hydrogen) atoms. The van der Waals surface area contributed by atoms with Crippen molar-refractivity contribution in [3.8, 4) is 0 Å². The van der Waals surface area contributed by atoms with Crippen molar-refractivity contribution in [3.63, 3.8) is 0 Å². The quantitative estimate of drug-likeness (QED) is 0.794. The molecule has 1 unspecified atom stereocenters. The highest BCUT2D eigenvalue weighted by molar-refractivity contribution is 5.83. The molecule has 0 bridgehead atoms. The van der Waals surface area contributed by atoms with Gasteiger partial charge in [0.15, 0.2) is 0 Å². The standard InChI is InChI=1S/C16H25NO2/c1-13(14-8-5-4-6-9-14)15(19)17-12-16(2,3)10-7-11-18/h4-6,8-9,13,18H,7,10-12H2,1-3H3,(H,17,19). The van der Waals surface area contributed by atoms with E-state index in [1.807, 2.05) is 37.3 Å². The number of nitrogens with one attached hydrogen (secondary N) is 1. The van der Waals surface area contributed by atoms with Gasteiger partial charge in [-0.2, -0.15) is 0 Å². The molecule has 0 radical (unpaired) electrons. The molecule has 0 aliphatic rings. The second-order valence-electron chi connectivity index (χ2n) is 5.84. The summed E-state index contributed by atoms with van der Waals surface area (Å²) < 4.78 is 0. The molecule has 3 heteroatoms. The van der Waals surface area contributed by atoms with Crippen molar-refractivity contribution >= 4 is 5.91 Å². The van der Waals surface area contributed by atoms with Crippen LogP contribution in [-0.4, -0.2) is 24.2 Å². The van der Waals surface area contributed by atoms with Crippen molar-refractivity contribution in [2.45, 2.75) is 39.5 Å². The first kappa shape index (κ1) is 15.7.